The van der Waals surface area contributed by atoms with Crippen LogP contribution in [0.5, 0.6) is 5.75 Å². The molecule has 0 spiro atoms. The lowest BCUT2D eigenvalue weighted by Crippen LogP contribution is -2.23. The molecule has 0 fully saturated rings. The van der Waals surface area contributed by atoms with Gasteiger partial charge in [0.15, 0.2) is 0 Å². The van der Waals surface area contributed by atoms with Crippen molar-refractivity contribution >= 4 is 50.1 Å². The van der Waals surface area contributed by atoms with Crippen molar-refractivity contribution in [3.8, 4) is 5.75 Å². The fourth-order valence-corrected chi connectivity index (χ4v) is 3.42. The molecule has 0 aliphatic carbocycles. The Balaban J connectivity index is 2.50. The van der Waals surface area contributed by atoms with Crippen LogP contribution in [0.25, 0.3) is 0 Å². The van der Waals surface area contributed by atoms with Crippen LogP contribution in [0.1, 0.15) is 24.1 Å². The number of benzene rings is 2. The molecule has 2 nitrogen and oxygen atoms in total. The summed E-state index contributed by atoms with van der Waals surface area (Å²) in [5.74, 6) is 0.696. The topological polar surface area (TPSA) is 21.3 Å². The summed E-state index contributed by atoms with van der Waals surface area (Å²) in [5.41, 5.74) is 2.37. The minimum Gasteiger partial charge on any atom is -0.495 e. The van der Waals surface area contributed by atoms with Gasteiger partial charge in [-0.1, -0.05) is 40.5 Å². The van der Waals surface area contributed by atoms with Crippen molar-refractivity contribution in [3.63, 3.8) is 0 Å². The lowest BCUT2D eigenvalue weighted by molar-refractivity contribution is 0.414. The first-order valence-electron chi connectivity index (χ1n) is 6.58. The number of nitrogens with one attached hydrogen (secondary N) is 1. The van der Waals surface area contributed by atoms with Gasteiger partial charge < -0.3 is 10.1 Å². The zero-order valence-corrected chi connectivity index (χ0v) is 16.3. The molecule has 5 heteroatoms. The van der Waals surface area contributed by atoms with Crippen LogP contribution in [0.3, 0.4) is 0 Å². The van der Waals surface area contributed by atoms with Gasteiger partial charge in [-0.3, -0.25) is 0 Å². The second kappa shape index (κ2) is 7.81. The van der Waals surface area contributed by atoms with E-state index in [0.717, 1.165) is 16.6 Å². The Morgan fingerprint density at radius 3 is 2.71 bits per heavy atom. The third-order valence-electron chi connectivity index (χ3n) is 3.19. The van der Waals surface area contributed by atoms with E-state index in [4.69, 9.17) is 16.3 Å². The van der Waals surface area contributed by atoms with Gasteiger partial charge in [0.1, 0.15) is 5.75 Å². The van der Waals surface area contributed by atoms with Gasteiger partial charge in [0.25, 0.3) is 0 Å². The van der Waals surface area contributed by atoms with Crippen LogP contribution in [0, 0.1) is 3.57 Å². The molecule has 1 N–H and O–H groups in total. The molecule has 0 aromatic heterocycles. The number of halogens is 3. The normalized spacial score (nSPS) is 12.2. The molecule has 2 rings (SSSR count). The van der Waals surface area contributed by atoms with Gasteiger partial charge in [-0.25, -0.2) is 0 Å². The van der Waals surface area contributed by atoms with Crippen LogP contribution in [0.2, 0.25) is 5.02 Å². The van der Waals surface area contributed by atoms with Crippen molar-refractivity contribution in [2.24, 2.45) is 0 Å². The molecule has 2 aromatic rings. The number of hydrogen-bond acceptors (Lipinski definition) is 2. The molecule has 0 aliphatic heterocycles. The maximum absolute atomic E-state index is 6.13. The minimum atomic E-state index is 0.102. The molecule has 1 unspecified atom stereocenters. The van der Waals surface area contributed by atoms with Crippen LogP contribution in [0.4, 0.5) is 0 Å². The van der Waals surface area contributed by atoms with Crippen LogP contribution in [-0.2, 0) is 0 Å². The zero-order valence-electron chi connectivity index (χ0n) is 11.8. The van der Waals surface area contributed by atoms with E-state index in [-0.39, 0.29) is 6.04 Å². The fourth-order valence-electron chi connectivity index (χ4n) is 2.20. The van der Waals surface area contributed by atoms with Crippen LogP contribution in [0.15, 0.2) is 40.9 Å². The summed E-state index contributed by atoms with van der Waals surface area (Å²) >= 11 is 12.0. The summed E-state index contributed by atoms with van der Waals surface area (Å²) in [5, 5.41) is 4.16. The highest BCUT2D eigenvalue weighted by atomic mass is 127. The van der Waals surface area contributed by atoms with Crippen molar-refractivity contribution in [2.75, 3.05) is 13.7 Å². The van der Waals surface area contributed by atoms with E-state index < -0.39 is 0 Å². The molecule has 2 aromatic carbocycles. The highest BCUT2D eigenvalue weighted by Crippen LogP contribution is 2.33. The molecule has 0 saturated heterocycles. The lowest BCUT2D eigenvalue weighted by atomic mass is 9.98. The lowest BCUT2D eigenvalue weighted by Gasteiger charge is -2.21. The summed E-state index contributed by atoms with van der Waals surface area (Å²) in [6, 6.07) is 12.3. The standard InChI is InChI=1S/C16H16BrClINO/c1-3-20-16(12-9-11(17)5-7-14(12)19)10-4-6-13(18)15(8-10)21-2/h4-9,16,20H,3H2,1-2H3. The van der Waals surface area contributed by atoms with E-state index in [1.807, 2.05) is 18.2 Å². The molecular weight excluding hydrogens is 464 g/mol. The molecule has 1 atom stereocenters. The molecule has 0 aliphatic rings. The second-order valence-corrected chi connectivity index (χ2v) is 7.04. The molecule has 0 heterocycles. The van der Waals surface area contributed by atoms with E-state index in [2.05, 4.69) is 69.0 Å². The van der Waals surface area contributed by atoms with E-state index >= 15 is 0 Å². The Labute approximate surface area is 152 Å². The van der Waals surface area contributed by atoms with Gasteiger partial charge in [-0.2, -0.15) is 0 Å². The molecule has 0 bridgehead atoms. The highest BCUT2D eigenvalue weighted by Gasteiger charge is 2.17. The number of ether oxygens (including phenoxy) is 1. The molecular formula is C16H16BrClINO. The third kappa shape index (κ3) is 4.12. The Hall–Kier alpha value is -0.300. The Morgan fingerprint density at radius 1 is 1.29 bits per heavy atom. The van der Waals surface area contributed by atoms with Crippen LogP contribution >= 0.6 is 50.1 Å². The van der Waals surface area contributed by atoms with E-state index in [9.17, 15) is 0 Å². The van der Waals surface area contributed by atoms with E-state index in [1.165, 1.54) is 9.13 Å². The van der Waals surface area contributed by atoms with Crippen LogP contribution in [-0.4, -0.2) is 13.7 Å². The average molecular weight is 481 g/mol. The van der Waals surface area contributed by atoms with Crippen molar-refractivity contribution in [1.82, 2.24) is 5.32 Å². The molecule has 0 saturated carbocycles. The van der Waals surface area contributed by atoms with E-state index in [1.54, 1.807) is 7.11 Å². The van der Waals surface area contributed by atoms with Gasteiger partial charge in [0.2, 0.25) is 0 Å². The van der Waals surface area contributed by atoms with Crippen LogP contribution < -0.4 is 10.1 Å². The average Bonchev–Trinajstić information content (AvgIpc) is 2.48. The summed E-state index contributed by atoms with van der Waals surface area (Å²) in [6.07, 6.45) is 0. The molecule has 0 radical (unpaired) electrons. The predicted molar refractivity (Wildman–Crippen MR) is 100 cm³/mol. The highest BCUT2D eigenvalue weighted by molar-refractivity contribution is 14.1. The number of methoxy groups -OCH3 is 1. The second-order valence-electron chi connectivity index (χ2n) is 4.55. The molecule has 0 amide bonds. The van der Waals surface area contributed by atoms with E-state index in [0.29, 0.717) is 10.8 Å². The van der Waals surface area contributed by atoms with Gasteiger partial charge in [0, 0.05) is 8.04 Å². The monoisotopic (exact) mass is 479 g/mol. The summed E-state index contributed by atoms with van der Waals surface area (Å²) in [6.45, 7) is 2.98. The maximum atomic E-state index is 6.13. The van der Waals surface area contributed by atoms with Crippen molar-refractivity contribution in [3.05, 3.63) is 60.6 Å². The zero-order chi connectivity index (χ0) is 15.4. The van der Waals surface area contributed by atoms with Gasteiger partial charge in [0.05, 0.1) is 18.2 Å². The van der Waals surface area contributed by atoms with Crippen molar-refractivity contribution in [2.45, 2.75) is 13.0 Å². The Morgan fingerprint density at radius 2 is 2.05 bits per heavy atom. The fraction of sp³-hybridized carbons (Fsp3) is 0.250. The SMILES string of the molecule is CCNC(c1ccc(Cl)c(OC)c1)c1cc(Br)ccc1I. The summed E-state index contributed by atoms with van der Waals surface area (Å²) in [7, 11) is 1.64. The predicted octanol–water partition coefficient (Wildman–Crippen LogP) is 5.41. The quantitative estimate of drug-likeness (QED) is 0.578. The Bertz CT molecular complexity index is 636. The van der Waals surface area contributed by atoms with Gasteiger partial charge >= 0.3 is 0 Å². The summed E-state index contributed by atoms with van der Waals surface area (Å²) < 4.78 is 7.62. The minimum absolute atomic E-state index is 0.102. The largest absolute Gasteiger partial charge is 0.495 e. The van der Waals surface area contributed by atoms with Crippen molar-refractivity contribution < 1.29 is 4.74 Å². The smallest absolute Gasteiger partial charge is 0.137 e. The first-order chi connectivity index (χ1) is 10.1. The maximum Gasteiger partial charge on any atom is 0.137 e. The first-order valence-corrected chi connectivity index (χ1v) is 8.83. The summed E-state index contributed by atoms with van der Waals surface area (Å²) in [4.78, 5) is 0. The first kappa shape index (κ1) is 17.1. The number of hydrogen-bond donors (Lipinski definition) is 1. The van der Waals surface area contributed by atoms with Gasteiger partial charge in [-0.15, -0.1) is 0 Å². The van der Waals surface area contributed by atoms with Crippen molar-refractivity contribution in [1.29, 1.82) is 0 Å². The third-order valence-corrected chi connectivity index (χ3v) is 4.97. The van der Waals surface area contributed by atoms with Gasteiger partial charge in [-0.05, 0) is 70.6 Å². The molecule has 21 heavy (non-hydrogen) atoms. The Kier molecular flexibility index (Phi) is 6.34. The molecule has 112 valence electrons. The number of rotatable bonds is 5.